The summed E-state index contributed by atoms with van der Waals surface area (Å²) in [6.45, 7) is 7.05. The predicted octanol–water partition coefficient (Wildman–Crippen LogP) is 3.53. The van der Waals surface area contributed by atoms with Gasteiger partial charge in [-0.05, 0) is 45.0 Å². The summed E-state index contributed by atoms with van der Waals surface area (Å²) in [5.74, 6) is -0.905. The third-order valence-electron chi connectivity index (χ3n) is 3.93. The fourth-order valence-electron chi connectivity index (χ4n) is 2.69. The van der Waals surface area contributed by atoms with E-state index >= 15 is 0 Å². The molecule has 2 rings (SSSR count). The zero-order chi connectivity index (χ0) is 20.1. The minimum atomic E-state index is -0.405. The molecular weight excluding hydrogens is 370 g/mol. The van der Waals surface area contributed by atoms with Gasteiger partial charge in [0.25, 0.3) is 0 Å². The lowest BCUT2D eigenvalue weighted by Crippen LogP contribution is -2.20. The summed E-state index contributed by atoms with van der Waals surface area (Å²) in [4.78, 5) is 35.5. The Balaban J connectivity index is 2.11. The molecule has 7 nitrogen and oxygen atoms in total. The maximum atomic E-state index is 12.4. The predicted molar refractivity (Wildman–Crippen MR) is 104 cm³/mol. The Bertz CT molecular complexity index is 889. The first-order valence-corrected chi connectivity index (χ1v) is 8.81. The molecule has 0 atom stereocenters. The molecule has 1 aromatic heterocycles. The Hall–Kier alpha value is -2.80. The molecule has 27 heavy (non-hydrogen) atoms. The normalized spacial score (nSPS) is 10.4. The number of anilines is 2. The van der Waals surface area contributed by atoms with Crippen LogP contribution in [0, 0.1) is 13.8 Å². The summed E-state index contributed by atoms with van der Waals surface area (Å²) in [7, 11) is 0. The molecule has 2 amide bonds. The molecule has 0 saturated carbocycles. The number of hydrogen-bond donors (Lipinski definition) is 2. The average molecular weight is 392 g/mol. The van der Waals surface area contributed by atoms with Crippen LogP contribution < -0.4 is 10.6 Å². The van der Waals surface area contributed by atoms with Gasteiger partial charge in [-0.1, -0.05) is 11.6 Å². The average Bonchev–Trinajstić information content (AvgIpc) is 2.85. The van der Waals surface area contributed by atoms with E-state index in [9.17, 15) is 14.4 Å². The number of hydrogen-bond acceptors (Lipinski definition) is 4. The topological polar surface area (TPSA) is 89.4 Å². The maximum Gasteiger partial charge on any atom is 0.339 e. The summed E-state index contributed by atoms with van der Waals surface area (Å²) in [6, 6.07) is 6.53. The molecule has 0 saturated heterocycles. The lowest BCUT2D eigenvalue weighted by molar-refractivity contribution is -0.117. The van der Waals surface area contributed by atoms with Crippen molar-refractivity contribution < 1.29 is 19.1 Å². The van der Waals surface area contributed by atoms with Gasteiger partial charge in [0.2, 0.25) is 11.8 Å². The molecule has 0 spiro atoms. The summed E-state index contributed by atoms with van der Waals surface area (Å²) in [5.41, 5.74) is 2.88. The molecule has 0 fully saturated rings. The van der Waals surface area contributed by atoms with Gasteiger partial charge in [-0.15, -0.1) is 0 Å². The van der Waals surface area contributed by atoms with E-state index in [4.69, 9.17) is 16.3 Å². The van der Waals surface area contributed by atoms with Crippen molar-refractivity contribution in [1.29, 1.82) is 0 Å². The van der Waals surface area contributed by atoms with Gasteiger partial charge in [0.1, 0.15) is 6.54 Å². The molecule has 0 aliphatic rings. The molecule has 8 heteroatoms. The monoisotopic (exact) mass is 391 g/mol. The van der Waals surface area contributed by atoms with Gasteiger partial charge >= 0.3 is 5.97 Å². The van der Waals surface area contributed by atoms with Gasteiger partial charge in [-0.25, -0.2) is 4.79 Å². The van der Waals surface area contributed by atoms with Crippen molar-refractivity contribution in [3.8, 4) is 0 Å². The van der Waals surface area contributed by atoms with Crippen LogP contribution >= 0.6 is 11.6 Å². The lowest BCUT2D eigenvalue weighted by Gasteiger charge is -2.12. The number of amides is 2. The molecule has 1 aromatic carbocycles. The number of aryl methyl sites for hydroxylation is 1. The van der Waals surface area contributed by atoms with Crippen LogP contribution in [-0.4, -0.2) is 29.0 Å². The highest BCUT2D eigenvalue weighted by atomic mass is 35.5. The van der Waals surface area contributed by atoms with Gasteiger partial charge in [-0.2, -0.15) is 0 Å². The molecule has 0 aliphatic carbocycles. The quantitative estimate of drug-likeness (QED) is 0.737. The zero-order valence-corrected chi connectivity index (χ0v) is 16.4. The first-order chi connectivity index (χ1) is 12.7. The fourth-order valence-corrected chi connectivity index (χ4v) is 2.92. The zero-order valence-electron chi connectivity index (χ0n) is 15.7. The Morgan fingerprint density at radius 2 is 1.85 bits per heavy atom. The molecular formula is C19H22ClN3O4. The standard InChI is InChI=1S/C19H22ClN3O4/c1-5-27-19(26)15-8-11(2)23(12(15)3)10-18(25)22-14-6-7-17(16(20)9-14)21-13(4)24/h6-9H,5,10H2,1-4H3,(H,21,24)(H,22,25). The van der Waals surface area contributed by atoms with E-state index in [2.05, 4.69) is 10.6 Å². The second-order valence-corrected chi connectivity index (χ2v) is 6.42. The van der Waals surface area contributed by atoms with Crippen molar-refractivity contribution >= 4 is 40.8 Å². The van der Waals surface area contributed by atoms with E-state index in [0.29, 0.717) is 27.7 Å². The number of benzene rings is 1. The summed E-state index contributed by atoms with van der Waals surface area (Å²) in [6.07, 6.45) is 0. The van der Waals surface area contributed by atoms with Crippen LogP contribution in [0.25, 0.3) is 0 Å². The van der Waals surface area contributed by atoms with Crippen molar-refractivity contribution in [3.05, 3.63) is 46.2 Å². The highest BCUT2D eigenvalue weighted by molar-refractivity contribution is 6.34. The molecule has 2 N–H and O–H groups in total. The second kappa shape index (κ2) is 8.73. The van der Waals surface area contributed by atoms with Crippen LogP contribution in [0.4, 0.5) is 11.4 Å². The molecule has 1 heterocycles. The number of ether oxygens (including phenoxy) is 1. The Labute approximate surface area is 162 Å². The van der Waals surface area contributed by atoms with Crippen LogP contribution in [0.5, 0.6) is 0 Å². The van der Waals surface area contributed by atoms with E-state index in [0.717, 1.165) is 5.69 Å². The van der Waals surface area contributed by atoms with E-state index in [1.807, 2.05) is 6.92 Å². The van der Waals surface area contributed by atoms with Gasteiger partial charge in [-0.3, -0.25) is 9.59 Å². The van der Waals surface area contributed by atoms with Crippen LogP contribution in [0.1, 0.15) is 35.6 Å². The number of halogens is 1. The van der Waals surface area contributed by atoms with Crippen molar-refractivity contribution in [2.75, 3.05) is 17.2 Å². The molecule has 0 radical (unpaired) electrons. The number of esters is 1. The van der Waals surface area contributed by atoms with Gasteiger partial charge < -0.3 is 19.9 Å². The highest BCUT2D eigenvalue weighted by Crippen LogP contribution is 2.25. The number of nitrogens with zero attached hydrogens (tertiary/aromatic N) is 1. The number of aromatic nitrogens is 1. The molecule has 144 valence electrons. The minimum absolute atomic E-state index is 0.0438. The Morgan fingerprint density at radius 3 is 2.44 bits per heavy atom. The van der Waals surface area contributed by atoms with Crippen LogP contribution in [0.2, 0.25) is 5.02 Å². The summed E-state index contributed by atoms with van der Waals surface area (Å²) < 4.78 is 6.78. The molecule has 2 aromatic rings. The Kier molecular flexibility index (Phi) is 6.63. The number of nitrogens with one attached hydrogen (secondary N) is 2. The van der Waals surface area contributed by atoms with Crippen LogP contribution in [0.15, 0.2) is 24.3 Å². The third kappa shape index (κ3) is 5.10. The van der Waals surface area contributed by atoms with E-state index in [-0.39, 0.29) is 25.0 Å². The first-order valence-electron chi connectivity index (χ1n) is 8.43. The minimum Gasteiger partial charge on any atom is -0.462 e. The highest BCUT2D eigenvalue weighted by Gasteiger charge is 2.18. The molecule has 0 bridgehead atoms. The molecule has 0 unspecified atom stereocenters. The van der Waals surface area contributed by atoms with Gasteiger partial charge in [0, 0.05) is 24.0 Å². The van der Waals surface area contributed by atoms with Crippen molar-refractivity contribution in [2.24, 2.45) is 0 Å². The van der Waals surface area contributed by atoms with E-state index < -0.39 is 5.97 Å². The van der Waals surface area contributed by atoms with Crippen LogP contribution in [-0.2, 0) is 20.9 Å². The number of rotatable bonds is 6. The third-order valence-corrected chi connectivity index (χ3v) is 4.25. The van der Waals surface area contributed by atoms with Gasteiger partial charge in [0.15, 0.2) is 0 Å². The Morgan fingerprint density at radius 1 is 1.15 bits per heavy atom. The van der Waals surface area contributed by atoms with Gasteiger partial charge in [0.05, 0.1) is 22.9 Å². The summed E-state index contributed by atoms with van der Waals surface area (Å²) in [5, 5.41) is 5.68. The smallest absolute Gasteiger partial charge is 0.339 e. The number of carbonyl (C=O) groups is 3. The first kappa shape index (κ1) is 20.5. The maximum absolute atomic E-state index is 12.4. The lowest BCUT2D eigenvalue weighted by atomic mass is 10.2. The van der Waals surface area contributed by atoms with Crippen molar-refractivity contribution in [2.45, 2.75) is 34.2 Å². The SMILES string of the molecule is CCOC(=O)c1cc(C)n(CC(=O)Nc2ccc(NC(C)=O)c(Cl)c2)c1C. The van der Waals surface area contributed by atoms with E-state index in [1.54, 1.807) is 42.7 Å². The second-order valence-electron chi connectivity index (χ2n) is 6.02. The summed E-state index contributed by atoms with van der Waals surface area (Å²) >= 11 is 6.11. The van der Waals surface area contributed by atoms with Crippen LogP contribution in [0.3, 0.4) is 0 Å². The van der Waals surface area contributed by atoms with Crippen molar-refractivity contribution in [1.82, 2.24) is 4.57 Å². The van der Waals surface area contributed by atoms with Crippen molar-refractivity contribution in [3.63, 3.8) is 0 Å². The fraction of sp³-hybridized carbons (Fsp3) is 0.316. The van der Waals surface area contributed by atoms with E-state index in [1.165, 1.54) is 6.92 Å². The number of carbonyl (C=O) groups excluding carboxylic acids is 3. The molecule has 0 aliphatic heterocycles. The largest absolute Gasteiger partial charge is 0.462 e.